The van der Waals surface area contributed by atoms with Crippen molar-refractivity contribution in [1.29, 1.82) is 0 Å². The summed E-state index contributed by atoms with van der Waals surface area (Å²) in [7, 11) is 1.93. The molecule has 1 N–H and O–H groups in total. The molecule has 0 saturated carbocycles. The quantitative estimate of drug-likeness (QED) is 0.901. The Morgan fingerprint density at radius 2 is 2.00 bits per heavy atom. The molecule has 1 aromatic rings. The van der Waals surface area contributed by atoms with Gasteiger partial charge in [0.1, 0.15) is 0 Å². The van der Waals surface area contributed by atoms with E-state index >= 15 is 0 Å². The highest BCUT2D eigenvalue weighted by molar-refractivity contribution is 5.20. The standard InChI is InChI=1S/C15H21F2NO2/c1-18(9-11-4-6-20-7-5-11)10-15(19)12-2-3-13(16)14(17)8-12/h2-3,8,11,15,19H,4-7,9-10H2,1H3. The van der Waals surface area contributed by atoms with Crippen molar-refractivity contribution in [1.82, 2.24) is 4.90 Å². The zero-order chi connectivity index (χ0) is 14.5. The fraction of sp³-hybridized carbons (Fsp3) is 0.600. The molecule has 1 unspecified atom stereocenters. The second-order valence-electron chi connectivity index (χ2n) is 5.47. The van der Waals surface area contributed by atoms with E-state index in [-0.39, 0.29) is 0 Å². The summed E-state index contributed by atoms with van der Waals surface area (Å²) in [4.78, 5) is 2.03. The molecular weight excluding hydrogens is 264 g/mol. The summed E-state index contributed by atoms with van der Waals surface area (Å²) in [6.45, 7) is 2.88. The lowest BCUT2D eigenvalue weighted by Crippen LogP contribution is -2.32. The van der Waals surface area contributed by atoms with Gasteiger partial charge in [0, 0.05) is 26.3 Å². The minimum Gasteiger partial charge on any atom is -0.387 e. The highest BCUT2D eigenvalue weighted by Gasteiger charge is 2.18. The van der Waals surface area contributed by atoms with Crippen molar-refractivity contribution in [3.63, 3.8) is 0 Å². The Bertz CT molecular complexity index is 436. The number of aliphatic hydroxyl groups is 1. The lowest BCUT2D eigenvalue weighted by molar-refractivity contribution is 0.0477. The van der Waals surface area contributed by atoms with Crippen LogP contribution in [0.2, 0.25) is 0 Å². The maximum atomic E-state index is 13.1. The van der Waals surface area contributed by atoms with Gasteiger partial charge < -0.3 is 14.7 Å². The highest BCUT2D eigenvalue weighted by Crippen LogP contribution is 2.19. The first-order chi connectivity index (χ1) is 9.56. The van der Waals surface area contributed by atoms with Gasteiger partial charge in [-0.3, -0.25) is 0 Å². The van der Waals surface area contributed by atoms with Crippen molar-refractivity contribution in [2.24, 2.45) is 5.92 Å². The van der Waals surface area contributed by atoms with Gasteiger partial charge >= 0.3 is 0 Å². The molecule has 0 spiro atoms. The Labute approximate surface area is 118 Å². The van der Waals surface area contributed by atoms with Crippen LogP contribution in [0.15, 0.2) is 18.2 Å². The van der Waals surface area contributed by atoms with Crippen molar-refractivity contribution in [3.8, 4) is 0 Å². The molecule has 1 atom stereocenters. The van der Waals surface area contributed by atoms with E-state index in [1.807, 2.05) is 11.9 Å². The molecule has 1 aliphatic rings. The van der Waals surface area contributed by atoms with Gasteiger partial charge in [-0.2, -0.15) is 0 Å². The van der Waals surface area contributed by atoms with Crippen molar-refractivity contribution in [2.75, 3.05) is 33.4 Å². The zero-order valence-corrected chi connectivity index (χ0v) is 11.7. The smallest absolute Gasteiger partial charge is 0.159 e. The molecule has 20 heavy (non-hydrogen) atoms. The third kappa shape index (κ3) is 4.23. The molecule has 0 aliphatic carbocycles. The van der Waals surface area contributed by atoms with Gasteiger partial charge in [0.2, 0.25) is 0 Å². The van der Waals surface area contributed by atoms with Crippen molar-refractivity contribution < 1.29 is 18.6 Å². The SMILES string of the molecule is CN(CC1CCOCC1)CC(O)c1ccc(F)c(F)c1. The molecule has 3 nitrogen and oxygen atoms in total. The Morgan fingerprint density at radius 3 is 2.65 bits per heavy atom. The number of ether oxygens (including phenoxy) is 1. The van der Waals surface area contributed by atoms with Crippen molar-refractivity contribution >= 4 is 0 Å². The van der Waals surface area contributed by atoms with Crippen LogP contribution in [0.4, 0.5) is 8.78 Å². The number of halogens is 2. The van der Waals surface area contributed by atoms with Gasteiger partial charge in [0.05, 0.1) is 6.10 Å². The summed E-state index contributed by atoms with van der Waals surface area (Å²) in [6.07, 6.45) is 1.26. The molecule has 0 radical (unpaired) electrons. The van der Waals surface area contributed by atoms with Gasteiger partial charge in [-0.15, -0.1) is 0 Å². The number of rotatable bonds is 5. The molecule has 1 aliphatic heterocycles. The van der Waals surface area contributed by atoms with Crippen LogP contribution >= 0.6 is 0 Å². The van der Waals surface area contributed by atoms with E-state index in [9.17, 15) is 13.9 Å². The molecule has 0 amide bonds. The van der Waals surface area contributed by atoms with Gasteiger partial charge in [-0.25, -0.2) is 8.78 Å². The van der Waals surface area contributed by atoms with Crippen LogP contribution in [0.3, 0.4) is 0 Å². The Balaban J connectivity index is 1.86. The van der Waals surface area contributed by atoms with E-state index in [1.165, 1.54) is 6.07 Å². The van der Waals surface area contributed by atoms with Gasteiger partial charge in [0.25, 0.3) is 0 Å². The average molecular weight is 285 g/mol. The fourth-order valence-electron chi connectivity index (χ4n) is 2.56. The van der Waals surface area contributed by atoms with E-state index in [0.717, 1.165) is 44.7 Å². The van der Waals surface area contributed by atoms with E-state index in [1.54, 1.807) is 0 Å². The summed E-state index contributed by atoms with van der Waals surface area (Å²) in [5, 5.41) is 10.1. The summed E-state index contributed by atoms with van der Waals surface area (Å²) >= 11 is 0. The van der Waals surface area contributed by atoms with Crippen LogP contribution in [-0.4, -0.2) is 43.4 Å². The number of hydrogen-bond acceptors (Lipinski definition) is 3. The second-order valence-corrected chi connectivity index (χ2v) is 5.47. The first kappa shape index (κ1) is 15.4. The lowest BCUT2D eigenvalue weighted by atomic mass is 9.99. The number of benzene rings is 1. The predicted octanol–water partition coefficient (Wildman–Crippen LogP) is 2.36. The normalized spacial score (nSPS) is 18.4. The van der Waals surface area contributed by atoms with Crippen LogP contribution in [0.5, 0.6) is 0 Å². The maximum Gasteiger partial charge on any atom is 0.159 e. The summed E-state index contributed by atoms with van der Waals surface area (Å²) < 4.78 is 31.3. The van der Waals surface area contributed by atoms with Gasteiger partial charge in [-0.05, 0) is 43.5 Å². The average Bonchev–Trinajstić information content (AvgIpc) is 2.42. The molecule has 0 bridgehead atoms. The van der Waals surface area contributed by atoms with E-state index in [0.29, 0.717) is 18.0 Å². The predicted molar refractivity (Wildman–Crippen MR) is 72.4 cm³/mol. The number of likely N-dealkylation sites (N-methyl/N-ethyl adjacent to an activating group) is 1. The minimum atomic E-state index is -0.923. The minimum absolute atomic E-state index is 0.405. The molecule has 1 heterocycles. The number of hydrogen-bond donors (Lipinski definition) is 1. The topological polar surface area (TPSA) is 32.7 Å². The third-order valence-corrected chi connectivity index (χ3v) is 3.72. The fourth-order valence-corrected chi connectivity index (χ4v) is 2.56. The molecule has 1 saturated heterocycles. The molecule has 0 aromatic heterocycles. The lowest BCUT2D eigenvalue weighted by Gasteiger charge is -2.28. The second kappa shape index (κ2) is 7.11. The maximum absolute atomic E-state index is 13.1. The largest absolute Gasteiger partial charge is 0.387 e. The molecule has 5 heteroatoms. The number of aliphatic hydroxyl groups excluding tert-OH is 1. The molecule has 1 aromatic carbocycles. The first-order valence-electron chi connectivity index (χ1n) is 6.95. The molecule has 112 valence electrons. The van der Waals surface area contributed by atoms with Crippen LogP contribution in [0, 0.1) is 17.6 Å². The van der Waals surface area contributed by atoms with E-state index in [2.05, 4.69) is 0 Å². The Morgan fingerprint density at radius 1 is 1.30 bits per heavy atom. The van der Waals surface area contributed by atoms with Crippen LogP contribution < -0.4 is 0 Å². The number of nitrogens with zero attached hydrogens (tertiary/aromatic N) is 1. The summed E-state index contributed by atoms with van der Waals surface area (Å²) in [6, 6.07) is 3.53. The first-order valence-corrected chi connectivity index (χ1v) is 6.95. The van der Waals surface area contributed by atoms with Crippen molar-refractivity contribution in [3.05, 3.63) is 35.4 Å². The Kier molecular flexibility index (Phi) is 5.46. The van der Waals surface area contributed by atoms with Crippen molar-refractivity contribution in [2.45, 2.75) is 18.9 Å². The van der Waals surface area contributed by atoms with Gasteiger partial charge in [-0.1, -0.05) is 6.07 Å². The Hall–Kier alpha value is -1.04. The third-order valence-electron chi connectivity index (χ3n) is 3.72. The van der Waals surface area contributed by atoms with Gasteiger partial charge in [0.15, 0.2) is 11.6 Å². The zero-order valence-electron chi connectivity index (χ0n) is 11.7. The summed E-state index contributed by atoms with van der Waals surface area (Å²) in [5.41, 5.74) is 0.405. The van der Waals surface area contributed by atoms with E-state index < -0.39 is 17.7 Å². The molecule has 2 rings (SSSR count). The summed E-state index contributed by atoms with van der Waals surface area (Å²) in [5.74, 6) is -1.24. The molecule has 1 fully saturated rings. The molecular formula is C15H21F2NO2. The monoisotopic (exact) mass is 285 g/mol. The van der Waals surface area contributed by atoms with E-state index in [4.69, 9.17) is 4.74 Å². The van der Waals surface area contributed by atoms with Crippen LogP contribution in [0.1, 0.15) is 24.5 Å². The highest BCUT2D eigenvalue weighted by atomic mass is 19.2. The van der Waals surface area contributed by atoms with Crippen LogP contribution in [-0.2, 0) is 4.74 Å². The van der Waals surface area contributed by atoms with Crippen LogP contribution in [0.25, 0.3) is 0 Å².